The highest BCUT2D eigenvalue weighted by Crippen LogP contribution is 2.37. The molecule has 59 heavy (non-hydrogen) atoms. The van der Waals surface area contributed by atoms with Crippen LogP contribution in [0.4, 0.5) is 0 Å². The number of ether oxygens (including phenoxy) is 9. The summed E-state index contributed by atoms with van der Waals surface area (Å²) in [7, 11) is 0. The van der Waals surface area contributed by atoms with Crippen molar-refractivity contribution in [2.75, 3.05) is 19.8 Å². The van der Waals surface area contributed by atoms with Gasteiger partial charge in [0.1, 0.15) is 30.5 Å². The SMILES string of the molecule is C=CCO[C@@H]1O[C@H](COCc2ccccc2)[C@@H](O[C@@H]2O[C@H](COCc3ccccc3)[C@H](OC(C)=O)[C@H](OC(C)=O)[C@H]2OC(C)=O)[C@H](O)[C@H]1N1C(=O)c2ccccc2C1=O. The second-order valence-corrected chi connectivity index (χ2v) is 14.0. The van der Waals surface area contributed by atoms with Gasteiger partial charge < -0.3 is 47.7 Å². The lowest BCUT2D eigenvalue weighted by molar-refractivity contribution is -0.353. The summed E-state index contributed by atoms with van der Waals surface area (Å²) in [6.07, 6.45) is -11.8. The lowest BCUT2D eigenvalue weighted by atomic mass is 9.94. The molecular formula is C43H47NO15. The largest absolute Gasteiger partial charge is 0.456 e. The summed E-state index contributed by atoms with van der Waals surface area (Å²) in [5, 5.41) is 12.4. The quantitative estimate of drug-likeness (QED) is 0.0903. The maximum Gasteiger partial charge on any atom is 0.303 e. The molecule has 1 N–H and O–H groups in total. The van der Waals surface area contributed by atoms with Gasteiger partial charge in [-0.05, 0) is 23.3 Å². The van der Waals surface area contributed by atoms with E-state index in [9.17, 15) is 29.1 Å². The van der Waals surface area contributed by atoms with Gasteiger partial charge in [0.25, 0.3) is 11.8 Å². The molecule has 0 spiro atoms. The van der Waals surface area contributed by atoms with Gasteiger partial charge in [-0.2, -0.15) is 0 Å². The highest BCUT2D eigenvalue weighted by atomic mass is 16.8. The Bertz CT molecular complexity index is 1910. The third-order valence-corrected chi connectivity index (χ3v) is 9.72. The van der Waals surface area contributed by atoms with Gasteiger partial charge in [0, 0.05) is 20.8 Å². The van der Waals surface area contributed by atoms with Crippen LogP contribution >= 0.6 is 0 Å². The minimum absolute atomic E-state index is 0.0906. The molecule has 0 aliphatic carbocycles. The van der Waals surface area contributed by atoms with Crippen molar-refractivity contribution in [3.05, 3.63) is 120 Å². The Balaban J connectivity index is 1.37. The number of nitrogens with zero attached hydrogens (tertiary/aromatic N) is 1. The van der Waals surface area contributed by atoms with E-state index in [4.69, 9.17) is 42.6 Å². The molecule has 16 heteroatoms. The van der Waals surface area contributed by atoms with E-state index in [0.717, 1.165) is 36.8 Å². The van der Waals surface area contributed by atoms with Crippen LogP contribution in [0.3, 0.4) is 0 Å². The van der Waals surface area contributed by atoms with Gasteiger partial charge in [0.15, 0.2) is 30.9 Å². The summed E-state index contributed by atoms with van der Waals surface area (Å²) >= 11 is 0. The smallest absolute Gasteiger partial charge is 0.303 e. The van der Waals surface area contributed by atoms with Crippen molar-refractivity contribution in [1.29, 1.82) is 0 Å². The standard InChI is InChI=1S/C43H47NO15/c1-5-20-53-42-34(44-40(49)30-18-12-13-19-31(30)41(44)50)35(48)36(32(57-42)23-51-21-28-14-8-6-9-15-28)59-43-39(56-27(4)47)38(55-26(3)46)37(54-25(2)45)33(58-43)24-52-22-29-16-10-7-11-17-29/h5-19,32-39,42-43,48H,1,20-24H2,2-4H3/t32-,33-,34-,35-,36-,37+,38+,39-,42-,43+/m1/s1. The Labute approximate surface area is 340 Å². The fourth-order valence-corrected chi connectivity index (χ4v) is 7.25. The van der Waals surface area contributed by atoms with Gasteiger partial charge in [-0.1, -0.05) is 78.9 Å². The molecule has 0 unspecified atom stereocenters. The van der Waals surface area contributed by atoms with Gasteiger partial charge in [-0.25, -0.2) is 0 Å². The lowest BCUT2D eigenvalue weighted by Gasteiger charge is -2.49. The average molecular weight is 818 g/mol. The summed E-state index contributed by atoms with van der Waals surface area (Å²) in [5.41, 5.74) is 1.88. The number of aliphatic hydroxyl groups is 1. The Morgan fingerprint density at radius 2 is 1.12 bits per heavy atom. The molecule has 16 nitrogen and oxygen atoms in total. The molecule has 0 bridgehead atoms. The zero-order chi connectivity index (χ0) is 42.1. The maximum atomic E-state index is 13.9. The highest BCUT2D eigenvalue weighted by Gasteiger charge is 2.58. The molecule has 0 aromatic heterocycles. The molecule has 3 heterocycles. The van der Waals surface area contributed by atoms with Crippen LogP contribution in [0.15, 0.2) is 97.6 Å². The first-order valence-corrected chi connectivity index (χ1v) is 19.1. The third kappa shape index (κ3) is 10.5. The molecule has 3 aliphatic rings. The zero-order valence-corrected chi connectivity index (χ0v) is 32.8. The number of carbonyl (C=O) groups is 5. The lowest BCUT2D eigenvalue weighted by Crippen LogP contribution is -2.69. The first-order chi connectivity index (χ1) is 28.5. The third-order valence-electron chi connectivity index (χ3n) is 9.72. The van der Waals surface area contributed by atoms with E-state index in [1.54, 1.807) is 12.1 Å². The van der Waals surface area contributed by atoms with Gasteiger partial charge in [0.05, 0.1) is 44.2 Å². The van der Waals surface area contributed by atoms with Crippen molar-refractivity contribution in [3.8, 4) is 0 Å². The second-order valence-electron chi connectivity index (χ2n) is 14.0. The average Bonchev–Trinajstić information content (AvgIpc) is 3.46. The Kier molecular flexibility index (Phi) is 14.7. The molecule has 3 aliphatic heterocycles. The molecule has 3 aromatic rings. The van der Waals surface area contributed by atoms with Crippen molar-refractivity contribution in [2.45, 2.75) is 95.3 Å². The van der Waals surface area contributed by atoms with Gasteiger partial charge >= 0.3 is 17.9 Å². The fourth-order valence-electron chi connectivity index (χ4n) is 7.25. The number of hydrogen-bond donors (Lipinski definition) is 1. The van der Waals surface area contributed by atoms with Gasteiger partial charge in [0.2, 0.25) is 0 Å². The normalized spacial score (nSPS) is 27.8. The summed E-state index contributed by atoms with van der Waals surface area (Å²) in [4.78, 5) is 66.4. The molecule has 2 saturated heterocycles. The molecule has 2 amide bonds. The summed E-state index contributed by atoms with van der Waals surface area (Å²) < 4.78 is 54.4. The van der Waals surface area contributed by atoms with Crippen molar-refractivity contribution in [1.82, 2.24) is 4.90 Å². The van der Waals surface area contributed by atoms with E-state index >= 15 is 0 Å². The van der Waals surface area contributed by atoms with Crippen LogP contribution in [-0.2, 0) is 70.2 Å². The summed E-state index contributed by atoms with van der Waals surface area (Å²) in [5.74, 6) is -3.82. The van der Waals surface area contributed by atoms with Gasteiger partial charge in [-0.15, -0.1) is 6.58 Å². The first-order valence-electron chi connectivity index (χ1n) is 19.1. The van der Waals surface area contributed by atoms with Crippen molar-refractivity contribution in [2.24, 2.45) is 0 Å². The van der Waals surface area contributed by atoms with Crippen molar-refractivity contribution in [3.63, 3.8) is 0 Å². The van der Waals surface area contributed by atoms with Crippen LogP contribution < -0.4 is 0 Å². The Hall–Kier alpha value is -5.33. The Morgan fingerprint density at radius 3 is 1.63 bits per heavy atom. The number of fused-ring (bicyclic) bond motifs is 1. The molecule has 10 atom stereocenters. The van der Waals surface area contributed by atoms with E-state index in [-0.39, 0.29) is 44.2 Å². The van der Waals surface area contributed by atoms with E-state index in [0.29, 0.717) is 0 Å². The molecule has 6 rings (SSSR count). The van der Waals surface area contributed by atoms with Crippen LogP contribution in [0.5, 0.6) is 0 Å². The van der Waals surface area contributed by atoms with E-state index in [1.165, 1.54) is 18.2 Å². The minimum atomic E-state index is -1.76. The number of hydrogen-bond acceptors (Lipinski definition) is 15. The molecule has 314 valence electrons. The predicted molar refractivity (Wildman–Crippen MR) is 204 cm³/mol. The zero-order valence-electron chi connectivity index (χ0n) is 32.8. The first kappa shape index (κ1) is 43.3. The van der Waals surface area contributed by atoms with Crippen LogP contribution in [0.25, 0.3) is 0 Å². The Morgan fingerprint density at radius 1 is 0.661 bits per heavy atom. The number of imide groups is 1. The molecule has 0 radical (unpaired) electrons. The van der Waals surface area contributed by atoms with Crippen LogP contribution in [0.2, 0.25) is 0 Å². The number of aliphatic hydroxyl groups excluding tert-OH is 1. The van der Waals surface area contributed by atoms with Crippen molar-refractivity contribution >= 4 is 29.7 Å². The number of esters is 3. The van der Waals surface area contributed by atoms with Crippen LogP contribution in [0, 0.1) is 0 Å². The second kappa shape index (κ2) is 20.1. The van der Waals surface area contributed by atoms with Gasteiger partial charge in [-0.3, -0.25) is 28.9 Å². The minimum Gasteiger partial charge on any atom is -0.456 e. The van der Waals surface area contributed by atoms with Crippen molar-refractivity contribution < 1.29 is 71.7 Å². The van der Waals surface area contributed by atoms with Crippen LogP contribution in [-0.4, -0.2) is 121 Å². The molecular weight excluding hydrogens is 770 g/mol. The number of carbonyl (C=O) groups excluding carboxylic acids is 5. The van der Waals surface area contributed by atoms with E-state index in [1.807, 2.05) is 60.7 Å². The number of benzene rings is 3. The van der Waals surface area contributed by atoms with E-state index < -0.39 is 91.1 Å². The monoisotopic (exact) mass is 817 g/mol. The molecule has 2 fully saturated rings. The molecule has 0 saturated carbocycles. The van der Waals surface area contributed by atoms with Crippen LogP contribution in [0.1, 0.15) is 52.6 Å². The summed E-state index contributed by atoms with van der Waals surface area (Å²) in [6.45, 7) is 6.77. The maximum absolute atomic E-state index is 13.9. The number of amides is 2. The number of rotatable bonds is 17. The fraction of sp³-hybridized carbons (Fsp3) is 0.419. The summed E-state index contributed by atoms with van der Waals surface area (Å²) in [6, 6.07) is 23.2. The molecule has 3 aromatic carbocycles. The van der Waals surface area contributed by atoms with E-state index in [2.05, 4.69) is 6.58 Å². The predicted octanol–water partition coefficient (Wildman–Crippen LogP) is 3.28. The topological polar surface area (TPSA) is 192 Å². The highest BCUT2D eigenvalue weighted by molar-refractivity contribution is 6.21.